The second-order valence-electron chi connectivity index (χ2n) is 5.85. The van der Waals surface area contributed by atoms with Crippen molar-refractivity contribution in [2.75, 3.05) is 25.7 Å². The molecule has 2 aromatic carbocycles. The molecule has 0 aliphatic carbocycles. The Morgan fingerprint density at radius 2 is 1.58 bits per heavy atom. The van der Waals surface area contributed by atoms with Crippen molar-refractivity contribution in [1.29, 1.82) is 0 Å². The number of aliphatic hydroxyl groups excluding tert-OH is 3. The molecule has 26 heavy (non-hydrogen) atoms. The fourth-order valence-electron chi connectivity index (χ4n) is 2.19. The second kappa shape index (κ2) is 10.3. The topological polar surface area (TPSA) is 79.2 Å². The summed E-state index contributed by atoms with van der Waals surface area (Å²) in [6.45, 7) is -0.401. The summed E-state index contributed by atoms with van der Waals surface area (Å²) in [5.41, 5.74) is 1.74. The van der Waals surface area contributed by atoms with Crippen LogP contribution in [0.25, 0.3) is 0 Å². The van der Waals surface area contributed by atoms with Crippen LogP contribution in [0, 0.1) is 5.82 Å². The van der Waals surface area contributed by atoms with Crippen molar-refractivity contribution in [2.24, 2.45) is 0 Å². The first-order valence-electron chi connectivity index (χ1n) is 8.17. The minimum atomic E-state index is -0.913. The van der Waals surface area contributed by atoms with Gasteiger partial charge in [-0.1, -0.05) is 18.2 Å². The van der Waals surface area contributed by atoms with Gasteiger partial charge < -0.3 is 24.8 Å². The molecular formula is C19H22ClFO5. The van der Waals surface area contributed by atoms with Crippen molar-refractivity contribution in [3.63, 3.8) is 0 Å². The van der Waals surface area contributed by atoms with Crippen LogP contribution in [0.1, 0.15) is 11.1 Å². The van der Waals surface area contributed by atoms with Crippen molar-refractivity contribution < 1.29 is 29.2 Å². The molecule has 5 nitrogen and oxygen atoms in total. The molecule has 142 valence electrons. The summed E-state index contributed by atoms with van der Waals surface area (Å²) >= 11 is 5.47. The summed E-state index contributed by atoms with van der Waals surface area (Å²) in [6.07, 6.45) is -1.22. The average molecular weight is 385 g/mol. The van der Waals surface area contributed by atoms with Gasteiger partial charge in [-0.05, 0) is 41.8 Å². The summed E-state index contributed by atoms with van der Waals surface area (Å²) in [5.74, 6) is 0.179. The number of alkyl halides is 1. The molecule has 0 saturated carbocycles. The van der Waals surface area contributed by atoms with Crippen molar-refractivity contribution in [2.45, 2.75) is 18.6 Å². The highest BCUT2D eigenvalue weighted by Gasteiger charge is 2.09. The van der Waals surface area contributed by atoms with Crippen LogP contribution < -0.4 is 9.47 Å². The van der Waals surface area contributed by atoms with Crippen LogP contribution in [-0.2, 0) is 6.42 Å². The Bertz CT molecular complexity index is 680. The van der Waals surface area contributed by atoms with Gasteiger partial charge in [0.15, 0.2) is 11.6 Å². The van der Waals surface area contributed by atoms with Crippen molar-refractivity contribution in [3.05, 3.63) is 59.4 Å². The molecule has 0 fully saturated rings. The van der Waals surface area contributed by atoms with Gasteiger partial charge in [-0.3, -0.25) is 0 Å². The Labute approximate surface area is 156 Å². The van der Waals surface area contributed by atoms with Gasteiger partial charge in [0.1, 0.15) is 31.2 Å². The molecule has 0 amide bonds. The first kappa shape index (κ1) is 20.5. The number of rotatable bonds is 10. The minimum absolute atomic E-state index is 0.0148. The molecule has 0 aliphatic heterocycles. The van der Waals surface area contributed by atoms with Crippen molar-refractivity contribution >= 4 is 11.6 Å². The van der Waals surface area contributed by atoms with E-state index in [4.69, 9.17) is 26.2 Å². The SMILES string of the molecule is OC[C@H](O)COc1ccc(Cc2ccc(OC[C@@H](O)CCl)c(F)c2)cc1. The molecule has 0 aliphatic rings. The van der Waals surface area contributed by atoms with Gasteiger partial charge in [0, 0.05) is 0 Å². The molecular weight excluding hydrogens is 363 g/mol. The van der Waals surface area contributed by atoms with E-state index in [0.29, 0.717) is 12.2 Å². The highest BCUT2D eigenvalue weighted by molar-refractivity contribution is 6.18. The zero-order valence-electron chi connectivity index (χ0n) is 14.1. The molecule has 0 spiro atoms. The number of ether oxygens (including phenoxy) is 2. The molecule has 0 aromatic heterocycles. The van der Waals surface area contributed by atoms with Crippen LogP contribution in [0.5, 0.6) is 11.5 Å². The Morgan fingerprint density at radius 3 is 2.19 bits per heavy atom. The maximum absolute atomic E-state index is 14.1. The number of hydrogen-bond acceptors (Lipinski definition) is 5. The lowest BCUT2D eigenvalue weighted by atomic mass is 10.0. The maximum atomic E-state index is 14.1. The summed E-state index contributed by atoms with van der Waals surface area (Å²) in [6, 6.07) is 11.9. The second-order valence-corrected chi connectivity index (χ2v) is 6.16. The predicted octanol–water partition coefficient (Wildman–Crippen LogP) is 2.13. The van der Waals surface area contributed by atoms with E-state index in [-0.39, 0.29) is 31.5 Å². The first-order chi connectivity index (χ1) is 12.5. The maximum Gasteiger partial charge on any atom is 0.165 e. The lowest BCUT2D eigenvalue weighted by Gasteiger charge is -2.12. The molecule has 7 heteroatoms. The van der Waals surface area contributed by atoms with E-state index >= 15 is 0 Å². The van der Waals surface area contributed by atoms with Gasteiger partial charge in [0.25, 0.3) is 0 Å². The Kier molecular flexibility index (Phi) is 8.12. The van der Waals surface area contributed by atoms with E-state index in [0.717, 1.165) is 11.1 Å². The molecule has 0 bridgehead atoms. The van der Waals surface area contributed by atoms with Gasteiger partial charge in [-0.25, -0.2) is 4.39 Å². The number of aliphatic hydroxyl groups is 3. The molecule has 0 radical (unpaired) electrons. The third-order valence-electron chi connectivity index (χ3n) is 3.59. The third-order valence-corrected chi connectivity index (χ3v) is 3.95. The highest BCUT2D eigenvalue weighted by atomic mass is 35.5. The number of hydrogen-bond donors (Lipinski definition) is 3. The van der Waals surface area contributed by atoms with E-state index in [1.807, 2.05) is 12.1 Å². The molecule has 3 N–H and O–H groups in total. The minimum Gasteiger partial charge on any atom is -0.491 e. The van der Waals surface area contributed by atoms with Crippen LogP contribution in [0.3, 0.4) is 0 Å². The van der Waals surface area contributed by atoms with Crippen molar-refractivity contribution in [3.8, 4) is 11.5 Å². The van der Waals surface area contributed by atoms with Crippen LogP contribution in [-0.4, -0.2) is 53.2 Å². The smallest absolute Gasteiger partial charge is 0.165 e. The zero-order chi connectivity index (χ0) is 18.9. The highest BCUT2D eigenvalue weighted by Crippen LogP contribution is 2.21. The van der Waals surface area contributed by atoms with Gasteiger partial charge in [0.05, 0.1) is 12.5 Å². The van der Waals surface area contributed by atoms with E-state index in [1.165, 1.54) is 12.1 Å². The van der Waals surface area contributed by atoms with E-state index < -0.39 is 18.0 Å². The summed E-state index contributed by atoms with van der Waals surface area (Å²) in [7, 11) is 0. The molecule has 0 saturated heterocycles. The molecule has 0 unspecified atom stereocenters. The van der Waals surface area contributed by atoms with E-state index in [9.17, 15) is 14.6 Å². The Hall–Kier alpha value is -1.86. The quantitative estimate of drug-likeness (QED) is 0.547. The molecule has 2 aromatic rings. The zero-order valence-corrected chi connectivity index (χ0v) is 14.9. The molecule has 2 atom stereocenters. The van der Waals surface area contributed by atoms with Gasteiger partial charge in [0.2, 0.25) is 0 Å². The number of benzene rings is 2. The largest absolute Gasteiger partial charge is 0.491 e. The monoisotopic (exact) mass is 384 g/mol. The van der Waals surface area contributed by atoms with Crippen LogP contribution in [0.15, 0.2) is 42.5 Å². The summed E-state index contributed by atoms with van der Waals surface area (Å²) in [4.78, 5) is 0. The lowest BCUT2D eigenvalue weighted by molar-refractivity contribution is 0.0536. The third kappa shape index (κ3) is 6.46. The summed E-state index contributed by atoms with van der Waals surface area (Å²) < 4.78 is 24.6. The Balaban J connectivity index is 1.92. The van der Waals surface area contributed by atoms with E-state index in [2.05, 4.69) is 0 Å². The standard InChI is InChI=1S/C19H22ClFO5/c20-9-15(23)11-26-19-6-3-14(8-18(19)21)7-13-1-4-17(5-2-13)25-12-16(24)10-22/h1-6,8,15-16,22-24H,7,9-12H2/t15-,16-/m0/s1. The number of halogens is 2. The van der Waals surface area contributed by atoms with Crippen LogP contribution in [0.4, 0.5) is 4.39 Å². The Morgan fingerprint density at radius 1 is 0.923 bits per heavy atom. The lowest BCUT2D eigenvalue weighted by Crippen LogP contribution is -2.21. The average Bonchev–Trinajstić information content (AvgIpc) is 2.66. The van der Waals surface area contributed by atoms with Gasteiger partial charge in [-0.15, -0.1) is 11.6 Å². The predicted molar refractivity (Wildman–Crippen MR) is 96.5 cm³/mol. The van der Waals surface area contributed by atoms with Crippen LogP contribution in [0.2, 0.25) is 0 Å². The first-order valence-corrected chi connectivity index (χ1v) is 8.71. The molecule has 0 heterocycles. The van der Waals surface area contributed by atoms with Crippen molar-refractivity contribution in [1.82, 2.24) is 0 Å². The fraction of sp³-hybridized carbons (Fsp3) is 0.368. The van der Waals surface area contributed by atoms with Gasteiger partial charge >= 0.3 is 0 Å². The van der Waals surface area contributed by atoms with Gasteiger partial charge in [-0.2, -0.15) is 0 Å². The van der Waals surface area contributed by atoms with E-state index in [1.54, 1.807) is 18.2 Å². The fourth-order valence-corrected chi connectivity index (χ4v) is 2.28. The normalized spacial score (nSPS) is 13.3. The van der Waals surface area contributed by atoms with Crippen LogP contribution >= 0.6 is 11.6 Å². The molecule has 2 rings (SSSR count). The summed E-state index contributed by atoms with van der Waals surface area (Å²) in [5, 5.41) is 27.4.